The highest BCUT2D eigenvalue weighted by atomic mass is 32.2. The number of carbonyl (C=O) groups excluding carboxylic acids is 1. The van der Waals surface area contributed by atoms with Gasteiger partial charge in [-0.25, -0.2) is 17.5 Å². The number of rotatable bonds is 5. The molecule has 4 aliphatic carbocycles. The summed E-state index contributed by atoms with van der Waals surface area (Å²) < 4.78 is 27.6. The third-order valence-electron chi connectivity index (χ3n) is 8.99. The Morgan fingerprint density at radius 2 is 1.73 bits per heavy atom. The number of hydrogen-bond acceptors (Lipinski definition) is 3. The van der Waals surface area contributed by atoms with Gasteiger partial charge in [0.25, 0.3) is 0 Å². The van der Waals surface area contributed by atoms with Gasteiger partial charge in [0, 0.05) is 25.2 Å². The van der Waals surface area contributed by atoms with E-state index in [1.54, 1.807) is 4.31 Å². The summed E-state index contributed by atoms with van der Waals surface area (Å²) in [5, 5.41) is 6.30. The third kappa shape index (κ3) is 4.13. The van der Waals surface area contributed by atoms with Crippen molar-refractivity contribution in [2.75, 3.05) is 19.6 Å². The first kappa shape index (κ1) is 21.0. The molecular formula is C23H39N3O3S. The summed E-state index contributed by atoms with van der Waals surface area (Å²) in [6.45, 7) is 1.76. The minimum Gasteiger partial charge on any atom is -0.338 e. The van der Waals surface area contributed by atoms with E-state index in [-0.39, 0.29) is 22.7 Å². The maximum absolute atomic E-state index is 12.9. The summed E-state index contributed by atoms with van der Waals surface area (Å²) in [6.07, 6.45) is 14.6. The Morgan fingerprint density at radius 1 is 0.933 bits per heavy atom. The van der Waals surface area contributed by atoms with E-state index in [1.165, 1.54) is 38.5 Å². The number of amides is 2. The molecule has 3 unspecified atom stereocenters. The zero-order chi connectivity index (χ0) is 20.8. The molecule has 0 spiro atoms. The van der Waals surface area contributed by atoms with Gasteiger partial charge in [-0.2, -0.15) is 0 Å². The molecule has 30 heavy (non-hydrogen) atoms. The molecule has 2 N–H and O–H groups in total. The van der Waals surface area contributed by atoms with E-state index >= 15 is 0 Å². The number of nitrogens with one attached hydrogen (secondary N) is 2. The van der Waals surface area contributed by atoms with E-state index < -0.39 is 10.0 Å². The molecule has 170 valence electrons. The van der Waals surface area contributed by atoms with Crippen LogP contribution >= 0.6 is 0 Å². The standard InChI is InChI=1S/C23H39N3O3S/c27-22(25-23-12-17-5-4-6-19(13-23)20(11-17)14-23)24-15-18-9-10-26(16-18)30(28,29)21-7-2-1-3-8-21/h17-21H,1-16H2,(H2,24,25,27)/t17-,18?,19?,20?,23-/m0/s1. The Morgan fingerprint density at radius 3 is 2.57 bits per heavy atom. The first-order chi connectivity index (χ1) is 14.4. The van der Waals surface area contributed by atoms with E-state index in [2.05, 4.69) is 10.6 Å². The van der Waals surface area contributed by atoms with Crippen molar-refractivity contribution >= 4 is 16.1 Å². The maximum atomic E-state index is 12.9. The van der Waals surface area contributed by atoms with E-state index in [9.17, 15) is 13.2 Å². The van der Waals surface area contributed by atoms with Gasteiger partial charge < -0.3 is 10.6 Å². The van der Waals surface area contributed by atoms with Crippen LogP contribution in [0.1, 0.15) is 83.5 Å². The van der Waals surface area contributed by atoms with Crippen LogP contribution in [0.5, 0.6) is 0 Å². The lowest BCUT2D eigenvalue weighted by molar-refractivity contribution is 0.176. The van der Waals surface area contributed by atoms with Crippen LogP contribution in [0.4, 0.5) is 4.79 Å². The van der Waals surface area contributed by atoms with Crippen LogP contribution in [0.3, 0.4) is 0 Å². The smallest absolute Gasteiger partial charge is 0.315 e. The van der Waals surface area contributed by atoms with Crippen molar-refractivity contribution in [1.29, 1.82) is 0 Å². The van der Waals surface area contributed by atoms with Crippen LogP contribution in [0.2, 0.25) is 0 Å². The Labute approximate surface area is 182 Å². The Bertz CT molecular complexity index is 747. The Hall–Kier alpha value is -0.820. The zero-order valence-electron chi connectivity index (χ0n) is 18.3. The van der Waals surface area contributed by atoms with Gasteiger partial charge in [0.1, 0.15) is 0 Å². The molecule has 0 radical (unpaired) electrons. The average Bonchev–Trinajstić information content (AvgIpc) is 3.26. The fourth-order valence-electron chi connectivity index (χ4n) is 7.60. The van der Waals surface area contributed by atoms with Crippen molar-refractivity contribution in [3.63, 3.8) is 0 Å². The van der Waals surface area contributed by atoms with Gasteiger partial charge in [0.15, 0.2) is 0 Å². The Kier molecular flexibility index (Phi) is 5.80. The summed E-state index contributed by atoms with van der Waals surface area (Å²) in [5.41, 5.74) is 0.0226. The highest BCUT2D eigenvalue weighted by molar-refractivity contribution is 7.89. The maximum Gasteiger partial charge on any atom is 0.315 e. The van der Waals surface area contributed by atoms with Crippen molar-refractivity contribution in [3.05, 3.63) is 0 Å². The van der Waals surface area contributed by atoms with Gasteiger partial charge in [-0.3, -0.25) is 0 Å². The highest BCUT2D eigenvalue weighted by Gasteiger charge is 2.52. The molecule has 2 amide bonds. The molecule has 0 aromatic heterocycles. The summed E-state index contributed by atoms with van der Waals surface area (Å²) in [6, 6.07) is -0.0378. The van der Waals surface area contributed by atoms with Crippen LogP contribution < -0.4 is 10.6 Å². The molecule has 0 aromatic rings. The van der Waals surface area contributed by atoms with Crippen LogP contribution in [0.15, 0.2) is 0 Å². The minimum absolute atomic E-state index is 0.0226. The van der Waals surface area contributed by atoms with Gasteiger partial charge >= 0.3 is 6.03 Å². The van der Waals surface area contributed by atoms with E-state index in [4.69, 9.17) is 0 Å². The lowest BCUT2D eigenvalue weighted by Crippen LogP contribution is -2.53. The van der Waals surface area contributed by atoms with E-state index in [0.29, 0.717) is 19.6 Å². The lowest BCUT2D eigenvalue weighted by Gasteiger charge is -2.38. The Balaban J connectivity index is 1.11. The first-order valence-electron chi connectivity index (χ1n) is 12.5. The third-order valence-corrected chi connectivity index (χ3v) is 11.4. The van der Waals surface area contributed by atoms with Crippen LogP contribution in [-0.4, -0.2) is 49.2 Å². The summed E-state index contributed by atoms with van der Waals surface area (Å²) in [4.78, 5) is 12.7. The fourth-order valence-corrected chi connectivity index (χ4v) is 9.73. The molecule has 5 fully saturated rings. The van der Waals surface area contributed by atoms with E-state index in [0.717, 1.165) is 62.7 Å². The number of sulfonamides is 1. The summed E-state index contributed by atoms with van der Waals surface area (Å²) in [7, 11) is -3.17. The topological polar surface area (TPSA) is 78.5 Å². The molecule has 5 rings (SSSR count). The summed E-state index contributed by atoms with van der Waals surface area (Å²) in [5.74, 6) is 2.66. The largest absolute Gasteiger partial charge is 0.338 e. The normalized spacial score (nSPS) is 39.7. The predicted octanol–water partition coefficient (Wildman–Crippen LogP) is 3.63. The molecule has 5 aliphatic rings. The molecule has 1 heterocycles. The van der Waals surface area contributed by atoms with Gasteiger partial charge in [0.05, 0.1) is 5.25 Å². The lowest BCUT2D eigenvalue weighted by atomic mass is 9.75. The number of fused-ring (bicyclic) bond motifs is 2. The molecule has 0 aromatic carbocycles. The molecule has 1 saturated heterocycles. The van der Waals surface area contributed by atoms with E-state index in [1.807, 2.05) is 0 Å². The number of hydrogen-bond donors (Lipinski definition) is 2. The molecule has 4 saturated carbocycles. The van der Waals surface area contributed by atoms with Crippen LogP contribution in [0.25, 0.3) is 0 Å². The minimum atomic E-state index is -3.17. The van der Waals surface area contributed by atoms with Gasteiger partial charge in [-0.05, 0) is 68.6 Å². The molecule has 1 aliphatic heterocycles. The molecule has 6 nitrogen and oxygen atoms in total. The second-order valence-electron chi connectivity index (χ2n) is 11.1. The SMILES string of the molecule is O=C(NCC1CCN(S(=O)(=O)C2CCCCC2)C1)N[C@@]12CC3CCC[C@@H](CC3C1)C2. The quantitative estimate of drug-likeness (QED) is 0.689. The van der Waals surface area contributed by atoms with Crippen molar-refractivity contribution in [2.45, 2.75) is 94.3 Å². The van der Waals surface area contributed by atoms with Crippen molar-refractivity contribution in [2.24, 2.45) is 23.7 Å². The monoisotopic (exact) mass is 437 g/mol. The number of urea groups is 1. The van der Waals surface area contributed by atoms with Gasteiger partial charge in [-0.15, -0.1) is 0 Å². The first-order valence-corrected chi connectivity index (χ1v) is 14.0. The predicted molar refractivity (Wildman–Crippen MR) is 118 cm³/mol. The molecule has 3 bridgehead atoms. The number of nitrogens with zero attached hydrogens (tertiary/aromatic N) is 1. The van der Waals surface area contributed by atoms with Crippen molar-refractivity contribution in [1.82, 2.24) is 14.9 Å². The van der Waals surface area contributed by atoms with Gasteiger partial charge in [0.2, 0.25) is 10.0 Å². The number of carbonyl (C=O) groups is 1. The summed E-state index contributed by atoms with van der Waals surface area (Å²) >= 11 is 0. The molecule has 5 atom stereocenters. The van der Waals surface area contributed by atoms with Gasteiger partial charge in [-0.1, -0.05) is 38.5 Å². The molecule has 7 heteroatoms. The second kappa shape index (κ2) is 8.27. The van der Waals surface area contributed by atoms with Crippen LogP contribution in [0, 0.1) is 23.7 Å². The van der Waals surface area contributed by atoms with Crippen molar-refractivity contribution < 1.29 is 13.2 Å². The fraction of sp³-hybridized carbons (Fsp3) is 0.957. The van der Waals surface area contributed by atoms with Crippen LogP contribution in [-0.2, 0) is 10.0 Å². The van der Waals surface area contributed by atoms with Crippen molar-refractivity contribution in [3.8, 4) is 0 Å². The molecular weight excluding hydrogens is 398 g/mol. The average molecular weight is 438 g/mol. The zero-order valence-corrected chi connectivity index (χ0v) is 19.1. The second-order valence-corrected chi connectivity index (χ2v) is 13.3. The highest BCUT2D eigenvalue weighted by Crippen LogP contribution is 2.55.